The maximum absolute atomic E-state index is 12.8. The first-order valence-electron chi connectivity index (χ1n) is 12.2. The van der Waals surface area contributed by atoms with Crippen molar-refractivity contribution in [3.8, 4) is 11.5 Å². The highest BCUT2D eigenvalue weighted by molar-refractivity contribution is 5.90. The number of fused-ring (bicyclic) bond motifs is 1. The van der Waals surface area contributed by atoms with E-state index in [1.165, 1.54) is 12.1 Å². The van der Waals surface area contributed by atoms with Gasteiger partial charge in [0.1, 0.15) is 12.2 Å². The number of carbonyl (C=O) groups is 2. The third-order valence-electron chi connectivity index (χ3n) is 6.34. The zero-order valence-electron chi connectivity index (χ0n) is 20.9. The summed E-state index contributed by atoms with van der Waals surface area (Å²) in [7, 11) is 0. The van der Waals surface area contributed by atoms with Crippen molar-refractivity contribution in [3.05, 3.63) is 69.1 Å². The van der Waals surface area contributed by atoms with Gasteiger partial charge in [-0.3, -0.25) is 4.79 Å². The predicted molar refractivity (Wildman–Crippen MR) is 135 cm³/mol. The Bertz CT molecular complexity index is 1320. The summed E-state index contributed by atoms with van der Waals surface area (Å²) in [5.41, 5.74) is 2.83. The average molecular weight is 494 g/mol. The van der Waals surface area contributed by atoms with Crippen LogP contribution in [0, 0.1) is 13.8 Å². The van der Waals surface area contributed by atoms with Gasteiger partial charge in [-0.1, -0.05) is 0 Å². The summed E-state index contributed by atoms with van der Waals surface area (Å²) in [4.78, 5) is 39.1. The lowest BCUT2D eigenvalue weighted by molar-refractivity contribution is -0.134. The largest absolute Gasteiger partial charge is 0.490 e. The average Bonchev–Trinajstić information content (AvgIpc) is 2.87. The van der Waals surface area contributed by atoms with E-state index in [9.17, 15) is 14.4 Å². The topological polar surface area (TPSA) is 95.3 Å². The molecule has 8 heteroatoms. The van der Waals surface area contributed by atoms with Crippen LogP contribution in [0.2, 0.25) is 0 Å². The highest BCUT2D eigenvalue weighted by Crippen LogP contribution is 2.29. The molecule has 36 heavy (non-hydrogen) atoms. The minimum absolute atomic E-state index is 0.0642. The van der Waals surface area contributed by atoms with Gasteiger partial charge in [-0.2, -0.15) is 0 Å². The van der Waals surface area contributed by atoms with Crippen molar-refractivity contribution in [2.24, 2.45) is 0 Å². The molecule has 0 bridgehead atoms. The van der Waals surface area contributed by atoms with Gasteiger partial charge in [0.05, 0.1) is 12.2 Å². The molecule has 3 aromatic rings. The zero-order valence-corrected chi connectivity index (χ0v) is 20.9. The molecule has 1 fully saturated rings. The number of hydrogen-bond acceptors (Lipinski definition) is 7. The summed E-state index contributed by atoms with van der Waals surface area (Å²) < 4.78 is 22.2. The maximum atomic E-state index is 12.8. The molecule has 0 saturated carbocycles. The van der Waals surface area contributed by atoms with Gasteiger partial charge in [0.2, 0.25) is 0 Å². The quantitative estimate of drug-likeness (QED) is 0.335. The van der Waals surface area contributed by atoms with Gasteiger partial charge < -0.3 is 23.5 Å². The number of aryl methyl sites for hydroxylation is 2. The normalized spacial score (nSPS) is 13.5. The Labute approximate surface area is 209 Å². The molecule has 0 aliphatic carbocycles. The van der Waals surface area contributed by atoms with Crippen LogP contribution in [0.5, 0.6) is 11.5 Å². The molecule has 1 saturated heterocycles. The van der Waals surface area contributed by atoms with E-state index in [-0.39, 0.29) is 24.7 Å². The molecule has 0 unspecified atom stereocenters. The van der Waals surface area contributed by atoms with Crippen LogP contribution < -0.4 is 15.1 Å². The van der Waals surface area contributed by atoms with Crippen LogP contribution in [-0.2, 0) is 16.1 Å². The second kappa shape index (κ2) is 11.3. The Morgan fingerprint density at radius 3 is 2.44 bits per heavy atom. The molecule has 0 radical (unpaired) electrons. The molecule has 4 rings (SSSR count). The van der Waals surface area contributed by atoms with E-state index in [1.54, 1.807) is 18.2 Å². The van der Waals surface area contributed by atoms with E-state index < -0.39 is 11.6 Å². The summed E-state index contributed by atoms with van der Waals surface area (Å²) in [5.74, 6) is 0.106. The van der Waals surface area contributed by atoms with Crippen LogP contribution in [0.25, 0.3) is 11.0 Å². The Hall–Kier alpha value is -3.81. The van der Waals surface area contributed by atoms with Crippen LogP contribution in [0.4, 0.5) is 0 Å². The standard InChI is InChI=1S/C28H31NO7/c1-4-33-25-14-20(8-9-23(25)34-17-26(30)29-10-6-5-7-11-29)28(32)35-16-21-15-27(31)36-24-13-19(3)18(2)12-22(21)24/h8-9,12-15H,4-7,10-11,16-17H2,1-3H3. The molecule has 2 aromatic carbocycles. The Kier molecular flexibility index (Phi) is 7.93. The van der Waals surface area contributed by atoms with Gasteiger partial charge in [-0.15, -0.1) is 0 Å². The van der Waals surface area contributed by atoms with Crippen molar-refractivity contribution < 1.29 is 28.2 Å². The number of amides is 1. The lowest BCUT2D eigenvalue weighted by atomic mass is 10.0. The predicted octanol–water partition coefficient (Wildman–Crippen LogP) is 4.56. The third-order valence-corrected chi connectivity index (χ3v) is 6.34. The van der Waals surface area contributed by atoms with Gasteiger partial charge in [0, 0.05) is 30.1 Å². The van der Waals surface area contributed by atoms with E-state index in [0.717, 1.165) is 48.9 Å². The molecule has 190 valence electrons. The molecule has 1 aliphatic rings. The molecule has 1 amide bonds. The number of nitrogens with zero attached hydrogens (tertiary/aromatic N) is 1. The minimum atomic E-state index is -0.572. The fourth-order valence-corrected chi connectivity index (χ4v) is 4.23. The first kappa shape index (κ1) is 25.3. The monoisotopic (exact) mass is 493 g/mol. The lowest BCUT2D eigenvalue weighted by Gasteiger charge is -2.26. The number of likely N-dealkylation sites (tertiary alicyclic amines) is 1. The van der Waals surface area contributed by atoms with Gasteiger partial charge in [0.25, 0.3) is 5.91 Å². The lowest BCUT2D eigenvalue weighted by Crippen LogP contribution is -2.38. The van der Waals surface area contributed by atoms with Gasteiger partial charge in [0.15, 0.2) is 18.1 Å². The molecular weight excluding hydrogens is 462 g/mol. The summed E-state index contributed by atoms with van der Waals surface area (Å²) >= 11 is 0. The van der Waals surface area contributed by atoms with E-state index >= 15 is 0 Å². The van der Waals surface area contributed by atoms with Crippen molar-refractivity contribution in [3.63, 3.8) is 0 Å². The van der Waals surface area contributed by atoms with Crippen LogP contribution in [0.15, 0.2) is 45.6 Å². The molecule has 8 nitrogen and oxygen atoms in total. The smallest absolute Gasteiger partial charge is 0.338 e. The number of benzene rings is 2. The van der Waals surface area contributed by atoms with Crippen LogP contribution in [-0.4, -0.2) is 43.1 Å². The highest BCUT2D eigenvalue weighted by Gasteiger charge is 2.19. The SMILES string of the molecule is CCOc1cc(C(=O)OCc2cc(=O)oc3cc(C)c(C)cc23)ccc1OCC(=O)N1CCCCC1. The van der Waals surface area contributed by atoms with Gasteiger partial charge >= 0.3 is 11.6 Å². The number of piperidine rings is 1. The van der Waals surface area contributed by atoms with E-state index in [2.05, 4.69) is 0 Å². The molecule has 0 N–H and O–H groups in total. The zero-order chi connectivity index (χ0) is 25.7. The maximum Gasteiger partial charge on any atom is 0.338 e. The Balaban J connectivity index is 1.46. The molecule has 0 spiro atoms. The minimum Gasteiger partial charge on any atom is -0.490 e. The number of esters is 1. The fraction of sp³-hybridized carbons (Fsp3) is 0.393. The molecule has 1 aliphatic heterocycles. The van der Waals surface area contributed by atoms with Crippen LogP contribution >= 0.6 is 0 Å². The first-order chi connectivity index (χ1) is 17.4. The highest BCUT2D eigenvalue weighted by atomic mass is 16.5. The van der Waals surface area contributed by atoms with E-state index in [4.69, 9.17) is 18.6 Å². The Morgan fingerprint density at radius 1 is 0.944 bits per heavy atom. The van der Waals surface area contributed by atoms with E-state index in [0.29, 0.717) is 29.3 Å². The van der Waals surface area contributed by atoms with Crippen molar-refractivity contribution in [1.82, 2.24) is 4.90 Å². The van der Waals surface area contributed by atoms with Gasteiger partial charge in [-0.25, -0.2) is 9.59 Å². The van der Waals surface area contributed by atoms with Gasteiger partial charge in [-0.05, 0) is 81.5 Å². The van der Waals surface area contributed by atoms with Crippen molar-refractivity contribution >= 4 is 22.8 Å². The first-order valence-corrected chi connectivity index (χ1v) is 12.2. The fourth-order valence-electron chi connectivity index (χ4n) is 4.23. The molecule has 0 atom stereocenters. The summed E-state index contributed by atoms with van der Waals surface area (Å²) in [6, 6.07) is 9.77. The Morgan fingerprint density at radius 2 is 1.69 bits per heavy atom. The number of carbonyl (C=O) groups excluding carboxylic acids is 2. The summed E-state index contributed by atoms with van der Waals surface area (Å²) in [6.07, 6.45) is 3.16. The number of rotatable bonds is 8. The molecule has 1 aromatic heterocycles. The number of hydrogen-bond donors (Lipinski definition) is 0. The van der Waals surface area contributed by atoms with Crippen LogP contribution in [0.1, 0.15) is 53.2 Å². The second-order valence-corrected chi connectivity index (χ2v) is 8.92. The van der Waals surface area contributed by atoms with Crippen molar-refractivity contribution in [2.75, 3.05) is 26.3 Å². The molecular formula is C28H31NO7. The van der Waals surface area contributed by atoms with Crippen molar-refractivity contribution in [1.29, 1.82) is 0 Å². The van der Waals surface area contributed by atoms with Crippen molar-refractivity contribution in [2.45, 2.75) is 46.6 Å². The van der Waals surface area contributed by atoms with Crippen LogP contribution in [0.3, 0.4) is 0 Å². The second-order valence-electron chi connectivity index (χ2n) is 8.92. The molecule has 2 heterocycles. The summed E-state index contributed by atoms with van der Waals surface area (Å²) in [5, 5.41) is 0.725. The summed E-state index contributed by atoms with van der Waals surface area (Å²) in [6.45, 7) is 7.42. The number of ether oxygens (including phenoxy) is 3. The van der Waals surface area contributed by atoms with E-state index in [1.807, 2.05) is 31.7 Å². The third kappa shape index (κ3) is 5.87.